The molecule has 0 spiro atoms. The topological polar surface area (TPSA) is 88.5 Å². The molecule has 0 unspecified atom stereocenters. The van der Waals surface area contributed by atoms with Gasteiger partial charge in [-0.3, -0.25) is 9.30 Å². The second-order valence-electron chi connectivity index (χ2n) is 9.60. The van der Waals surface area contributed by atoms with Crippen LogP contribution in [0.25, 0.3) is 27.7 Å². The van der Waals surface area contributed by atoms with Crippen LogP contribution < -0.4 is 11.1 Å². The minimum Gasteiger partial charge on any atom is -0.351 e. The van der Waals surface area contributed by atoms with E-state index in [0.29, 0.717) is 11.3 Å². The molecule has 34 heavy (non-hydrogen) atoms. The van der Waals surface area contributed by atoms with Crippen molar-refractivity contribution in [1.82, 2.24) is 19.5 Å². The molecular weight excluding hydrogens is 424 g/mol. The number of hydrogen-bond donors (Lipinski definition) is 2. The van der Waals surface area contributed by atoms with Crippen LogP contribution in [0.2, 0.25) is 0 Å². The Bertz CT molecular complexity index is 1350. The van der Waals surface area contributed by atoms with E-state index in [1.165, 1.54) is 54.6 Å². The van der Waals surface area contributed by atoms with Gasteiger partial charge in [-0.1, -0.05) is 50.6 Å². The van der Waals surface area contributed by atoms with Gasteiger partial charge >= 0.3 is 6.03 Å². The van der Waals surface area contributed by atoms with E-state index in [-0.39, 0.29) is 5.92 Å². The fraction of sp³-hybridized carbons (Fsp3) is 0.370. The van der Waals surface area contributed by atoms with E-state index in [1.807, 2.05) is 17.4 Å². The maximum atomic E-state index is 11.7. The van der Waals surface area contributed by atoms with Gasteiger partial charge < -0.3 is 11.1 Å². The number of amides is 2. The molecule has 2 aromatic carbocycles. The number of rotatable bonds is 5. The Labute approximate surface area is 200 Å². The Morgan fingerprint density at radius 1 is 1.06 bits per heavy atom. The van der Waals surface area contributed by atoms with Crippen molar-refractivity contribution in [3.63, 3.8) is 0 Å². The minimum atomic E-state index is -0.617. The number of pyridine rings is 1. The van der Waals surface area contributed by atoms with E-state index >= 15 is 0 Å². The third kappa shape index (κ3) is 4.12. The van der Waals surface area contributed by atoms with E-state index in [2.05, 4.69) is 70.7 Å². The number of aromatic nitrogens is 3. The summed E-state index contributed by atoms with van der Waals surface area (Å²) >= 11 is 0. The van der Waals surface area contributed by atoms with Crippen molar-refractivity contribution in [3.8, 4) is 11.1 Å². The second-order valence-corrected chi connectivity index (χ2v) is 9.60. The predicted molar refractivity (Wildman–Crippen MR) is 137 cm³/mol. The molecule has 4 aromatic rings. The number of urea groups is 1. The van der Waals surface area contributed by atoms with Crippen molar-refractivity contribution in [2.24, 2.45) is 5.73 Å². The molecule has 2 amide bonds. The maximum absolute atomic E-state index is 11.7. The highest BCUT2D eigenvalue weighted by atomic mass is 16.2. The smallest absolute Gasteiger partial charge is 0.316 e. The van der Waals surface area contributed by atoms with Gasteiger partial charge in [-0.05, 0) is 73.2 Å². The zero-order valence-electron chi connectivity index (χ0n) is 20.1. The highest BCUT2D eigenvalue weighted by Crippen LogP contribution is 2.38. The van der Waals surface area contributed by atoms with Crippen LogP contribution in [0.4, 0.5) is 10.5 Å². The van der Waals surface area contributed by atoms with E-state index < -0.39 is 6.03 Å². The van der Waals surface area contributed by atoms with Gasteiger partial charge in [0.2, 0.25) is 0 Å². The van der Waals surface area contributed by atoms with Gasteiger partial charge in [0, 0.05) is 11.9 Å². The van der Waals surface area contributed by atoms with Crippen LogP contribution in [0.3, 0.4) is 0 Å². The summed E-state index contributed by atoms with van der Waals surface area (Å²) in [5.41, 5.74) is 12.6. The van der Waals surface area contributed by atoms with Crippen molar-refractivity contribution in [2.75, 3.05) is 18.4 Å². The number of hydrogen-bond acceptors (Lipinski definition) is 4. The molecule has 0 aliphatic carbocycles. The summed E-state index contributed by atoms with van der Waals surface area (Å²) in [7, 11) is 0. The molecule has 1 saturated heterocycles. The number of primary amides is 1. The Morgan fingerprint density at radius 2 is 1.79 bits per heavy atom. The third-order valence-electron chi connectivity index (χ3n) is 6.81. The SMILES string of the molecule is Cc1nnc2c(NC(N)=O)cc3c(C(C)C)c(-c4ccc(CN5CCCCC5)cc4)ccc3n12. The van der Waals surface area contributed by atoms with E-state index in [4.69, 9.17) is 5.73 Å². The third-order valence-corrected chi connectivity index (χ3v) is 6.81. The summed E-state index contributed by atoms with van der Waals surface area (Å²) in [5.74, 6) is 1.03. The monoisotopic (exact) mass is 456 g/mol. The van der Waals surface area contributed by atoms with E-state index in [1.54, 1.807) is 0 Å². The first-order valence-corrected chi connectivity index (χ1v) is 12.1. The number of nitrogens with zero attached hydrogens (tertiary/aromatic N) is 4. The lowest BCUT2D eigenvalue weighted by Gasteiger charge is -2.26. The average molecular weight is 457 g/mol. The molecule has 1 aliphatic heterocycles. The van der Waals surface area contributed by atoms with Crippen molar-refractivity contribution in [1.29, 1.82) is 0 Å². The molecule has 3 N–H and O–H groups in total. The molecule has 7 heteroatoms. The first-order valence-electron chi connectivity index (χ1n) is 12.1. The standard InChI is InChI=1S/C27H32N6O/c1-17(2)25-21(20-9-7-19(8-10-20)16-32-13-5-4-6-14-32)11-12-24-22(25)15-23(29-27(28)34)26-31-30-18(3)33(24)26/h7-12,15,17H,4-6,13-14,16H2,1-3H3,(H3,28,29,34). The quantitative estimate of drug-likeness (QED) is 0.417. The Hall–Kier alpha value is -3.45. The molecule has 0 radical (unpaired) electrons. The van der Waals surface area contributed by atoms with Crippen LogP contribution in [0.15, 0.2) is 42.5 Å². The van der Waals surface area contributed by atoms with Gasteiger partial charge in [0.1, 0.15) is 5.82 Å². The number of nitrogens with two attached hydrogens (primary N) is 1. The van der Waals surface area contributed by atoms with Crippen molar-refractivity contribution >= 4 is 28.3 Å². The van der Waals surface area contributed by atoms with Crippen LogP contribution in [0.5, 0.6) is 0 Å². The highest BCUT2D eigenvalue weighted by Gasteiger charge is 2.19. The number of likely N-dealkylation sites (tertiary alicyclic amines) is 1. The van der Waals surface area contributed by atoms with Crippen LogP contribution in [0, 0.1) is 6.92 Å². The summed E-state index contributed by atoms with van der Waals surface area (Å²) in [6, 6.07) is 14.7. The highest BCUT2D eigenvalue weighted by molar-refractivity contribution is 6.00. The number of benzene rings is 2. The molecular formula is C27H32N6O. The summed E-state index contributed by atoms with van der Waals surface area (Å²) in [6.45, 7) is 9.73. The minimum absolute atomic E-state index is 0.266. The lowest BCUT2D eigenvalue weighted by Crippen LogP contribution is -2.28. The van der Waals surface area contributed by atoms with Gasteiger partial charge in [0.15, 0.2) is 5.65 Å². The van der Waals surface area contributed by atoms with Crippen molar-refractivity contribution < 1.29 is 4.79 Å². The first-order chi connectivity index (χ1) is 16.4. The van der Waals surface area contributed by atoms with Crippen LogP contribution in [0.1, 0.15) is 56.0 Å². The van der Waals surface area contributed by atoms with Gasteiger partial charge in [-0.25, -0.2) is 4.79 Å². The summed E-state index contributed by atoms with van der Waals surface area (Å²) in [4.78, 5) is 14.2. The molecule has 7 nitrogen and oxygen atoms in total. The fourth-order valence-electron chi connectivity index (χ4n) is 5.27. The van der Waals surface area contributed by atoms with Crippen molar-refractivity contribution in [2.45, 2.75) is 52.5 Å². The Balaban J connectivity index is 1.61. The zero-order chi connectivity index (χ0) is 23.8. The lowest BCUT2D eigenvalue weighted by molar-refractivity contribution is 0.221. The van der Waals surface area contributed by atoms with Gasteiger partial charge in [-0.15, -0.1) is 10.2 Å². The van der Waals surface area contributed by atoms with Gasteiger partial charge in [-0.2, -0.15) is 0 Å². The predicted octanol–water partition coefficient (Wildman–Crippen LogP) is 5.46. The molecule has 2 aromatic heterocycles. The number of fused-ring (bicyclic) bond motifs is 3. The van der Waals surface area contributed by atoms with Crippen LogP contribution in [-0.4, -0.2) is 38.6 Å². The maximum Gasteiger partial charge on any atom is 0.316 e. The number of nitrogens with one attached hydrogen (secondary N) is 1. The Kier molecular flexibility index (Phi) is 5.96. The molecule has 0 saturated carbocycles. The van der Waals surface area contributed by atoms with E-state index in [0.717, 1.165) is 23.3 Å². The largest absolute Gasteiger partial charge is 0.351 e. The lowest BCUT2D eigenvalue weighted by atomic mass is 9.88. The summed E-state index contributed by atoms with van der Waals surface area (Å²) < 4.78 is 1.98. The van der Waals surface area contributed by atoms with Crippen LogP contribution >= 0.6 is 0 Å². The number of aryl methyl sites for hydroxylation is 1. The molecule has 1 aliphatic rings. The number of carbonyl (C=O) groups excluding carboxylic acids is 1. The fourth-order valence-corrected chi connectivity index (χ4v) is 5.27. The normalized spacial score (nSPS) is 14.8. The summed E-state index contributed by atoms with van der Waals surface area (Å²) in [6.07, 6.45) is 3.96. The molecule has 3 heterocycles. The van der Waals surface area contributed by atoms with Crippen LogP contribution in [-0.2, 0) is 6.54 Å². The second kappa shape index (κ2) is 9.06. The van der Waals surface area contributed by atoms with Gasteiger partial charge in [0.05, 0.1) is 11.2 Å². The molecule has 0 atom stereocenters. The average Bonchev–Trinajstić information content (AvgIpc) is 3.21. The number of piperidine rings is 1. The first kappa shape index (κ1) is 22.3. The molecule has 176 valence electrons. The summed E-state index contributed by atoms with van der Waals surface area (Å²) in [5, 5.41) is 12.3. The van der Waals surface area contributed by atoms with Crippen molar-refractivity contribution in [3.05, 3.63) is 59.4 Å². The molecule has 5 rings (SSSR count). The number of anilines is 1. The number of carbonyl (C=O) groups is 1. The van der Waals surface area contributed by atoms with Gasteiger partial charge in [0.25, 0.3) is 0 Å². The molecule has 1 fully saturated rings. The Morgan fingerprint density at radius 3 is 2.47 bits per heavy atom. The van der Waals surface area contributed by atoms with E-state index in [9.17, 15) is 4.79 Å². The molecule has 0 bridgehead atoms. The zero-order valence-corrected chi connectivity index (χ0v) is 20.1.